The number of hydrazine groups is 6. The molecule has 5 aliphatic rings. The van der Waals surface area contributed by atoms with Crippen LogP contribution in [0.3, 0.4) is 0 Å². The van der Waals surface area contributed by atoms with Crippen molar-refractivity contribution < 1.29 is 30.2 Å². The van der Waals surface area contributed by atoms with Crippen LogP contribution < -0.4 is 0 Å². The van der Waals surface area contributed by atoms with Crippen molar-refractivity contribution in [3.05, 3.63) is 60.7 Å². The Balaban J connectivity index is 2.12. The summed E-state index contributed by atoms with van der Waals surface area (Å²) < 4.78 is 0. The second kappa shape index (κ2) is 5.86. The molecule has 0 radical (unpaired) electrons. The van der Waals surface area contributed by atoms with E-state index in [1.54, 1.807) is 0 Å². The minimum Gasteiger partial charge on any atom is -0.235 e. The van der Waals surface area contributed by atoms with Crippen molar-refractivity contribution >= 4 is 0 Å². The van der Waals surface area contributed by atoms with Crippen LogP contribution in [0.5, 0.6) is 0 Å². The fraction of sp³-hybridized carbons (Fsp3) is 1.00. The molecule has 0 spiro atoms. The molecule has 5 rings (SSSR count). The Morgan fingerprint density at radius 1 is 0.419 bits per heavy atom. The predicted octanol–water partition coefficient (Wildman–Crippen LogP) is -3.65. The lowest BCUT2D eigenvalue weighted by atomic mass is 10.1. The van der Waals surface area contributed by atoms with Crippen LogP contribution >= 0.6 is 0 Å². The van der Waals surface area contributed by atoms with Gasteiger partial charge < -0.3 is 0 Å². The Morgan fingerprint density at radius 2 is 0.613 bits per heavy atom. The monoisotopic (exact) mass is 452 g/mol. The van der Waals surface area contributed by atoms with Crippen molar-refractivity contribution in [3.63, 3.8) is 0 Å². The normalized spacial score (nSPS) is 32.9. The molecule has 24 nitrogen and oxygen atoms in total. The minimum absolute atomic E-state index is 0.0828. The smallest absolute Gasteiger partial charge is 0.235 e. The maximum atomic E-state index is 11.8. The fourth-order valence-electron chi connectivity index (χ4n) is 4.67. The highest BCUT2D eigenvalue weighted by Crippen LogP contribution is 2.49. The van der Waals surface area contributed by atoms with Gasteiger partial charge in [-0.3, -0.25) is 0 Å². The Morgan fingerprint density at radius 3 is 0.839 bits per heavy atom. The number of nitro groups is 6. The molecule has 4 atom stereocenters. The molecule has 0 saturated carbocycles. The Bertz CT molecular complexity index is 858. The van der Waals surface area contributed by atoms with Gasteiger partial charge >= 0.3 is 0 Å². The highest BCUT2D eigenvalue weighted by Gasteiger charge is 2.84. The van der Waals surface area contributed by atoms with Crippen LogP contribution in [0.4, 0.5) is 0 Å². The molecular weight excluding hydrogens is 444 g/mol. The number of nitrogens with zero attached hydrogens (tertiary/aromatic N) is 12. The van der Waals surface area contributed by atoms with Gasteiger partial charge in [0.2, 0.25) is 12.3 Å². The van der Waals surface area contributed by atoms with Gasteiger partial charge in [0.25, 0.3) is 24.7 Å². The Labute approximate surface area is 165 Å². The van der Waals surface area contributed by atoms with E-state index in [0.717, 1.165) is 0 Å². The van der Waals surface area contributed by atoms with Crippen LogP contribution in [0.25, 0.3) is 0 Å². The molecule has 0 N–H and O–H groups in total. The molecule has 5 saturated heterocycles. The largest absolute Gasteiger partial charge is 0.272 e. The van der Waals surface area contributed by atoms with Crippen LogP contribution in [0.1, 0.15) is 6.42 Å². The Hall–Kier alpha value is -4.80. The third kappa shape index (κ3) is 2.16. The average molecular weight is 452 g/mol. The fourth-order valence-corrected chi connectivity index (χ4v) is 4.67. The first-order valence-electron chi connectivity index (χ1n) is 7.97. The molecule has 24 heteroatoms. The zero-order valence-corrected chi connectivity index (χ0v) is 14.4. The molecule has 5 fully saturated rings. The van der Waals surface area contributed by atoms with Crippen molar-refractivity contribution in [1.29, 1.82) is 0 Å². The zero-order chi connectivity index (χ0) is 23.1. The molecule has 5 aliphatic heterocycles. The van der Waals surface area contributed by atoms with Crippen LogP contribution in [-0.2, 0) is 0 Å². The summed E-state index contributed by atoms with van der Waals surface area (Å²) in [5, 5.41) is 61.8. The standard InChI is InChI=1S/C7H8N12O12/c20-14(21)8-2-1-3-9(15(22)23)4(8)7-12(18(28)29)5(10(2)16(24)25)6(11(3)17(26)27)13(7)19(30)31/h2-7H,1H2. The van der Waals surface area contributed by atoms with Crippen molar-refractivity contribution in [3.8, 4) is 0 Å². The highest BCUT2D eigenvalue weighted by molar-refractivity contribution is 5.05. The van der Waals surface area contributed by atoms with E-state index in [1.807, 2.05) is 0 Å². The van der Waals surface area contributed by atoms with Gasteiger partial charge in [0.1, 0.15) is 0 Å². The molecule has 0 amide bonds. The van der Waals surface area contributed by atoms with E-state index >= 15 is 0 Å². The van der Waals surface area contributed by atoms with E-state index in [-0.39, 0.29) is 30.1 Å². The van der Waals surface area contributed by atoms with E-state index in [2.05, 4.69) is 0 Å². The molecule has 0 aromatic rings. The summed E-state index contributed by atoms with van der Waals surface area (Å²) in [6.45, 7) is 0. The van der Waals surface area contributed by atoms with Crippen LogP contribution in [0.15, 0.2) is 0 Å². The third-order valence-corrected chi connectivity index (χ3v) is 5.48. The highest BCUT2D eigenvalue weighted by atomic mass is 16.7. The lowest BCUT2D eigenvalue weighted by molar-refractivity contribution is -0.786. The number of hydrogen-bond acceptors (Lipinski definition) is 12. The second-order valence-corrected chi connectivity index (χ2v) is 6.56. The first-order chi connectivity index (χ1) is 14.4. The molecule has 4 unspecified atom stereocenters. The molecule has 0 aliphatic carbocycles. The van der Waals surface area contributed by atoms with Crippen molar-refractivity contribution in [2.24, 2.45) is 0 Å². The van der Waals surface area contributed by atoms with Gasteiger partial charge in [-0.15, -0.1) is 0 Å². The Kier molecular flexibility index (Phi) is 3.69. The summed E-state index contributed by atoms with van der Waals surface area (Å²) in [5.74, 6) is 0. The van der Waals surface area contributed by atoms with E-state index in [4.69, 9.17) is 0 Å². The van der Waals surface area contributed by atoms with E-state index in [1.165, 1.54) is 0 Å². The third-order valence-electron chi connectivity index (χ3n) is 5.48. The van der Waals surface area contributed by atoms with Gasteiger partial charge in [-0.05, 0) is 0 Å². The number of hydrogen-bond donors (Lipinski definition) is 0. The van der Waals surface area contributed by atoms with Gasteiger partial charge in [-0.25, -0.2) is 60.7 Å². The van der Waals surface area contributed by atoms with Crippen LogP contribution in [-0.4, -0.2) is 97.2 Å². The second-order valence-electron chi connectivity index (χ2n) is 6.56. The first-order valence-corrected chi connectivity index (χ1v) is 7.97. The summed E-state index contributed by atoms with van der Waals surface area (Å²) in [5.41, 5.74) is 0. The van der Waals surface area contributed by atoms with Gasteiger partial charge in [-0.2, -0.15) is 0 Å². The average Bonchev–Trinajstić information content (AvgIpc) is 2.79. The summed E-state index contributed by atoms with van der Waals surface area (Å²) >= 11 is 0. The van der Waals surface area contributed by atoms with Gasteiger partial charge in [0.15, 0.2) is 30.2 Å². The van der Waals surface area contributed by atoms with E-state index < -0.39 is 73.6 Å². The molecule has 31 heavy (non-hydrogen) atoms. The van der Waals surface area contributed by atoms with Crippen molar-refractivity contribution in [2.75, 3.05) is 0 Å². The molecule has 0 aromatic carbocycles. The quantitative estimate of drug-likeness (QED) is 0.277. The summed E-state index contributed by atoms with van der Waals surface area (Å²) in [6.07, 6.45) is -14.8. The van der Waals surface area contributed by atoms with E-state index in [9.17, 15) is 60.7 Å². The first kappa shape index (κ1) is 19.5. The van der Waals surface area contributed by atoms with Crippen LogP contribution in [0, 0.1) is 60.7 Å². The molecule has 5 heterocycles. The van der Waals surface area contributed by atoms with E-state index in [0.29, 0.717) is 0 Å². The lowest BCUT2D eigenvalue weighted by Gasteiger charge is -2.39. The summed E-state index contributed by atoms with van der Waals surface area (Å²) in [6, 6.07) is 0. The zero-order valence-electron chi connectivity index (χ0n) is 14.4. The predicted molar refractivity (Wildman–Crippen MR) is 80.3 cm³/mol. The maximum Gasteiger partial charge on any atom is 0.272 e. The van der Waals surface area contributed by atoms with Crippen molar-refractivity contribution in [1.82, 2.24) is 30.1 Å². The minimum atomic E-state index is -2.48. The maximum absolute atomic E-state index is 11.8. The molecule has 6 bridgehead atoms. The number of rotatable bonds is 6. The molecule has 0 aromatic heterocycles. The van der Waals surface area contributed by atoms with Crippen LogP contribution in [0.2, 0.25) is 0 Å². The van der Waals surface area contributed by atoms with Gasteiger partial charge in [-0.1, -0.05) is 30.1 Å². The van der Waals surface area contributed by atoms with Crippen molar-refractivity contribution in [2.45, 2.75) is 43.4 Å². The topological polar surface area (TPSA) is 278 Å². The lowest BCUT2D eigenvalue weighted by Crippen LogP contribution is -2.73. The SMILES string of the molecule is O=[N+]([O-])N1C2CC3N([N+](=O)[O-])C1C1N([N+](=O)[O-])C(C(N3[N+](=O)[O-])N1[N+](=O)[O-])N2[N+](=O)[O-]. The molecular formula is C7H8N12O12. The van der Waals surface area contributed by atoms with Gasteiger partial charge in [0, 0.05) is 6.42 Å². The summed E-state index contributed by atoms with van der Waals surface area (Å²) in [4.78, 5) is 70.5. The molecule has 168 valence electrons. The van der Waals surface area contributed by atoms with Gasteiger partial charge in [0.05, 0.1) is 0 Å². The summed E-state index contributed by atoms with van der Waals surface area (Å²) in [7, 11) is 0.